The van der Waals surface area contributed by atoms with Crippen LogP contribution in [0.4, 0.5) is 0 Å². The molecule has 34 heavy (non-hydrogen) atoms. The van der Waals surface area contributed by atoms with Crippen molar-refractivity contribution < 1.29 is 13.2 Å². The summed E-state index contributed by atoms with van der Waals surface area (Å²) in [6, 6.07) is 0. The number of rotatable bonds is 15. The van der Waals surface area contributed by atoms with Crippen LogP contribution in [0, 0.1) is 0 Å². The second-order valence-corrected chi connectivity index (χ2v) is 11.5. The second-order valence-electron chi connectivity index (χ2n) is 9.76. The Morgan fingerprint density at radius 3 is 2.24 bits per heavy atom. The predicted octanol–water partition coefficient (Wildman–Crippen LogP) is 3.83. The van der Waals surface area contributed by atoms with Gasteiger partial charge in [0.2, 0.25) is 10.0 Å². The van der Waals surface area contributed by atoms with Gasteiger partial charge in [0.25, 0.3) is 0 Å². The Kier molecular flexibility index (Phi) is 11.8. The molecule has 1 unspecified atom stereocenters. The smallest absolute Gasteiger partial charge is 0.219 e. The average molecular weight is 495 g/mol. The summed E-state index contributed by atoms with van der Waals surface area (Å²) in [6.45, 7) is 8.64. The van der Waals surface area contributed by atoms with Crippen molar-refractivity contribution in [3.63, 3.8) is 0 Å². The molecule has 2 aliphatic carbocycles. The highest BCUT2D eigenvalue weighted by molar-refractivity contribution is 7.90. The van der Waals surface area contributed by atoms with Crippen LogP contribution in [-0.2, 0) is 14.8 Å². The lowest BCUT2D eigenvalue weighted by molar-refractivity contribution is 0.254. The quantitative estimate of drug-likeness (QED) is 0.373. The fourth-order valence-electron chi connectivity index (χ4n) is 4.20. The number of primary sulfonamides is 1. The number of likely N-dealkylation sites (N-methyl/N-ethyl adjacent to an activating group) is 2. The van der Waals surface area contributed by atoms with Crippen LogP contribution in [0.15, 0.2) is 47.1 Å². The van der Waals surface area contributed by atoms with E-state index in [1.807, 2.05) is 12.2 Å². The van der Waals surface area contributed by atoms with Gasteiger partial charge in [0, 0.05) is 32.7 Å². The zero-order valence-corrected chi connectivity index (χ0v) is 22.7. The van der Waals surface area contributed by atoms with Gasteiger partial charge in [-0.15, -0.1) is 0 Å². The van der Waals surface area contributed by atoms with Crippen LogP contribution in [0.25, 0.3) is 0 Å². The first-order chi connectivity index (χ1) is 16.2. The Bertz CT molecular complexity index is 866. The van der Waals surface area contributed by atoms with Crippen molar-refractivity contribution in [3.8, 4) is 0 Å². The number of allylic oxidation sites excluding steroid dienone is 4. The highest BCUT2D eigenvalue weighted by Crippen LogP contribution is 2.34. The van der Waals surface area contributed by atoms with E-state index in [1.165, 1.54) is 0 Å². The van der Waals surface area contributed by atoms with E-state index in [0.717, 1.165) is 76.0 Å². The van der Waals surface area contributed by atoms with Gasteiger partial charge in [0.15, 0.2) is 0 Å². The summed E-state index contributed by atoms with van der Waals surface area (Å²) in [5.74, 6) is 1.19. The molecule has 0 aromatic heterocycles. The first-order valence-corrected chi connectivity index (χ1v) is 14.3. The molecule has 2 aliphatic rings. The topological polar surface area (TPSA) is 79.1 Å². The van der Waals surface area contributed by atoms with E-state index in [0.29, 0.717) is 24.5 Å². The minimum absolute atomic E-state index is 0.358. The molecule has 0 heterocycles. The van der Waals surface area contributed by atoms with Crippen LogP contribution in [-0.4, -0.2) is 82.2 Å². The molecule has 8 heteroatoms. The minimum atomic E-state index is -3.86. The number of ether oxygens (including phenoxy) is 1. The first kappa shape index (κ1) is 28.6. The molecule has 2 rings (SSSR count). The van der Waals surface area contributed by atoms with Crippen molar-refractivity contribution in [1.82, 2.24) is 14.7 Å². The lowest BCUT2D eigenvalue weighted by atomic mass is 9.98. The van der Waals surface area contributed by atoms with E-state index in [-0.39, 0.29) is 0 Å². The van der Waals surface area contributed by atoms with Gasteiger partial charge in [-0.1, -0.05) is 38.3 Å². The van der Waals surface area contributed by atoms with Gasteiger partial charge in [-0.2, -0.15) is 0 Å². The minimum Gasteiger partial charge on any atom is -0.458 e. The standard InChI is InChI=1S/C26H46N4O3S/c1-6-8-15-30(16-9-7-2)24-19-22(21-29(5)18-17-28(3)4)20-25(34(27,31)32)26(24)33-23-13-11-10-12-14-23/h11,13-14,19,25H,6-10,12,15-18,20-21H2,1-5H3,(H2,27,31,32). The molecule has 0 spiro atoms. The molecule has 0 fully saturated rings. The van der Waals surface area contributed by atoms with Crippen LogP contribution >= 0.6 is 0 Å². The van der Waals surface area contributed by atoms with Gasteiger partial charge in [0.1, 0.15) is 16.8 Å². The number of sulfonamides is 1. The van der Waals surface area contributed by atoms with Crippen LogP contribution in [0.1, 0.15) is 58.8 Å². The van der Waals surface area contributed by atoms with Crippen molar-refractivity contribution in [1.29, 1.82) is 0 Å². The number of nitrogens with two attached hydrogens (primary N) is 1. The van der Waals surface area contributed by atoms with Gasteiger partial charge >= 0.3 is 0 Å². The van der Waals surface area contributed by atoms with E-state index >= 15 is 0 Å². The summed E-state index contributed by atoms with van der Waals surface area (Å²) >= 11 is 0. The Morgan fingerprint density at radius 2 is 1.71 bits per heavy atom. The highest BCUT2D eigenvalue weighted by Gasteiger charge is 2.36. The monoisotopic (exact) mass is 494 g/mol. The molecule has 0 bridgehead atoms. The summed E-state index contributed by atoms with van der Waals surface area (Å²) in [5, 5.41) is 4.93. The molecule has 0 aliphatic heterocycles. The molecule has 0 saturated carbocycles. The van der Waals surface area contributed by atoms with E-state index in [9.17, 15) is 8.42 Å². The normalized spacial score (nSPS) is 19.0. The predicted molar refractivity (Wildman–Crippen MR) is 142 cm³/mol. The molecule has 0 amide bonds. The Balaban J connectivity index is 2.50. The summed E-state index contributed by atoms with van der Waals surface area (Å²) in [4.78, 5) is 6.70. The van der Waals surface area contributed by atoms with E-state index in [2.05, 4.69) is 61.8 Å². The van der Waals surface area contributed by atoms with Gasteiger partial charge in [0.05, 0.1) is 5.70 Å². The molecular weight excluding hydrogens is 448 g/mol. The molecule has 194 valence electrons. The summed E-state index contributed by atoms with van der Waals surface area (Å²) < 4.78 is 32.0. The van der Waals surface area contributed by atoms with Crippen LogP contribution < -0.4 is 5.14 Å². The fraction of sp³-hybridized carbons (Fsp3) is 0.692. The van der Waals surface area contributed by atoms with Gasteiger partial charge < -0.3 is 19.4 Å². The Hall–Kier alpha value is -1.61. The molecule has 0 saturated heterocycles. The summed E-state index contributed by atoms with van der Waals surface area (Å²) in [7, 11) is 2.34. The largest absolute Gasteiger partial charge is 0.458 e. The molecular formula is C26H46N4O3S. The molecule has 0 aromatic carbocycles. The Morgan fingerprint density at radius 1 is 1.03 bits per heavy atom. The van der Waals surface area contributed by atoms with E-state index in [1.54, 1.807) is 0 Å². The van der Waals surface area contributed by atoms with Crippen LogP contribution in [0.5, 0.6) is 0 Å². The molecule has 0 radical (unpaired) electrons. The maximum atomic E-state index is 12.8. The lowest BCUT2D eigenvalue weighted by Gasteiger charge is -2.35. The zero-order chi connectivity index (χ0) is 25.1. The van der Waals surface area contributed by atoms with Crippen molar-refractivity contribution >= 4 is 10.0 Å². The Labute approximate surface area is 208 Å². The van der Waals surface area contributed by atoms with Crippen LogP contribution in [0.3, 0.4) is 0 Å². The molecule has 2 N–H and O–H groups in total. The molecule has 0 aromatic rings. The van der Waals surface area contributed by atoms with Gasteiger partial charge in [-0.25, -0.2) is 13.6 Å². The third-order valence-electron chi connectivity index (χ3n) is 6.22. The van der Waals surface area contributed by atoms with E-state index < -0.39 is 15.3 Å². The average Bonchev–Trinajstić information content (AvgIpc) is 2.78. The third kappa shape index (κ3) is 9.21. The fourth-order valence-corrected chi connectivity index (χ4v) is 5.11. The third-order valence-corrected chi connectivity index (χ3v) is 7.40. The van der Waals surface area contributed by atoms with Crippen molar-refractivity contribution in [2.75, 3.05) is 53.9 Å². The zero-order valence-electron chi connectivity index (χ0n) is 21.9. The maximum Gasteiger partial charge on any atom is 0.219 e. The summed E-state index contributed by atoms with van der Waals surface area (Å²) in [6.07, 6.45) is 14.6. The SMILES string of the molecule is CCCCN(CCCC)C1=C(OC2=CCCC=C2)C(S(N)(=O)=O)CC(CN(C)CCN(C)C)=C1. The lowest BCUT2D eigenvalue weighted by Crippen LogP contribution is -2.39. The number of nitrogens with zero attached hydrogens (tertiary/aromatic N) is 3. The van der Waals surface area contributed by atoms with E-state index in [4.69, 9.17) is 9.88 Å². The molecule has 1 atom stereocenters. The summed E-state index contributed by atoms with van der Waals surface area (Å²) in [5.41, 5.74) is 1.96. The van der Waals surface area contributed by atoms with Gasteiger partial charge in [-0.05, 0) is 71.5 Å². The van der Waals surface area contributed by atoms with Crippen molar-refractivity contribution in [3.05, 3.63) is 47.1 Å². The second kappa shape index (κ2) is 14.1. The number of hydrogen-bond acceptors (Lipinski definition) is 6. The maximum absolute atomic E-state index is 12.8. The number of unbranched alkanes of at least 4 members (excludes halogenated alkanes) is 2. The van der Waals surface area contributed by atoms with Crippen molar-refractivity contribution in [2.24, 2.45) is 5.14 Å². The molecule has 7 nitrogen and oxygen atoms in total. The number of hydrogen-bond donors (Lipinski definition) is 1. The van der Waals surface area contributed by atoms with Gasteiger partial charge in [-0.3, -0.25) is 0 Å². The van der Waals surface area contributed by atoms with Crippen molar-refractivity contribution in [2.45, 2.75) is 64.0 Å². The van der Waals surface area contributed by atoms with Crippen LogP contribution in [0.2, 0.25) is 0 Å². The first-order valence-electron chi connectivity index (χ1n) is 12.7. The highest BCUT2D eigenvalue weighted by atomic mass is 32.2.